The molecule has 3 aromatic carbocycles. The molecule has 33 heavy (non-hydrogen) atoms. The van der Waals surface area contributed by atoms with Crippen molar-refractivity contribution in [1.29, 1.82) is 0 Å². The Bertz CT molecular complexity index is 1020. The van der Waals surface area contributed by atoms with Crippen molar-refractivity contribution in [2.75, 3.05) is 6.61 Å². The van der Waals surface area contributed by atoms with Gasteiger partial charge in [-0.1, -0.05) is 72.9 Å². The van der Waals surface area contributed by atoms with Crippen molar-refractivity contribution in [2.45, 2.75) is 45.9 Å². The smallest absolute Gasteiger partial charge is 0.175 e. The standard InChI is InChI=1S/C26H28BrCl2NO2.ClH/c1-3-8-24(19-9-6-5-7-10-19)30-16-18-13-22(27)26(25(14-18)31-4-2)32-17-20-11-12-21(28)15-23(20)29;/h5-7,9-15,24,30H,3-4,8,16-17H2,1-2H3;1H. The van der Waals surface area contributed by atoms with Crippen LogP contribution in [-0.2, 0) is 13.2 Å². The van der Waals surface area contributed by atoms with Crippen LogP contribution >= 0.6 is 51.5 Å². The van der Waals surface area contributed by atoms with Gasteiger partial charge in [-0.05, 0) is 64.7 Å². The summed E-state index contributed by atoms with van der Waals surface area (Å²) in [5.41, 5.74) is 3.29. The minimum Gasteiger partial charge on any atom is -0.490 e. The third-order valence-corrected chi connectivity index (χ3v) is 6.26. The van der Waals surface area contributed by atoms with E-state index in [2.05, 4.69) is 58.5 Å². The fraction of sp³-hybridized carbons (Fsp3) is 0.308. The van der Waals surface area contributed by atoms with Crippen LogP contribution in [0, 0.1) is 0 Å². The number of rotatable bonds is 11. The number of hydrogen-bond acceptors (Lipinski definition) is 3. The zero-order chi connectivity index (χ0) is 22.9. The second-order valence-electron chi connectivity index (χ2n) is 7.50. The van der Waals surface area contributed by atoms with E-state index >= 15 is 0 Å². The Balaban J connectivity index is 0.00000385. The molecule has 1 N–H and O–H groups in total. The average molecular weight is 574 g/mol. The van der Waals surface area contributed by atoms with Crippen LogP contribution in [0.5, 0.6) is 11.5 Å². The third-order valence-electron chi connectivity index (χ3n) is 5.09. The molecular weight excluding hydrogens is 545 g/mol. The maximum Gasteiger partial charge on any atom is 0.175 e. The molecule has 0 fully saturated rings. The Kier molecular flexibility index (Phi) is 11.9. The van der Waals surface area contributed by atoms with Gasteiger partial charge in [0, 0.05) is 28.2 Å². The van der Waals surface area contributed by atoms with Crippen LogP contribution in [0.4, 0.5) is 0 Å². The van der Waals surface area contributed by atoms with Crippen molar-refractivity contribution in [1.82, 2.24) is 5.32 Å². The van der Waals surface area contributed by atoms with E-state index < -0.39 is 0 Å². The molecule has 0 aromatic heterocycles. The number of hydrogen-bond donors (Lipinski definition) is 1. The first-order valence-corrected chi connectivity index (χ1v) is 12.4. The molecular formula is C26H29BrCl3NO2. The van der Waals surface area contributed by atoms with Crippen molar-refractivity contribution in [3.63, 3.8) is 0 Å². The quantitative estimate of drug-likeness (QED) is 0.249. The largest absolute Gasteiger partial charge is 0.490 e. The summed E-state index contributed by atoms with van der Waals surface area (Å²) >= 11 is 16.0. The molecule has 0 saturated heterocycles. The molecule has 0 aliphatic carbocycles. The lowest BCUT2D eigenvalue weighted by atomic mass is 10.0. The first kappa shape index (κ1) is 27.8. The topological polar surface area (TPSA) is 30.5 Å². The maximum absolute atomic E-state index is 6.29. The fourth-order valence-electron chi connectivity index (χ4n) is 3.52. The Labute approximate surface area is 221 Å². The molecule has 3 nitrogen and oxygen atoms in total. The summed E-state index contributed by atoms with van der Waals surface area (Å²) < 4.78 is 12.8. The van der Waals surface area contributed by atoms with Gasteiger partial charge in [-0.3, -0.25) is 0 Å². The Morgan fingerprint density at radius 2 is 1.73 bits per heavy atom. The van der Waals surface area contributed by atoms with E-state index in [1.54, 1.807) is 12.1 Å². The van der Waals surface area contributed by atoms with Gasteiger partial charge >= 0.3 is 0 Å². The first-order chi connectivity index (χ1) is 15.5. The summed E-state index contributed by atoms with van der Waals surface area (Å²) in [7, 11) is 0. The van der Waals surface area contributed by atoms with Gasteiger partial charge in [0.25, 0.3) is 0 Å². The lowest BCUT2D eigenvalue weighted by molar-refractivity contribution is 0.267. The van der Waals surface area contributed by atoms with Crippen LogP contribution in [0.1, 0.15) is 49.4 Å². The predicted molar refractivity (Wildman–Crippen MR) is 144 cm³/mol. The van der Waals surface area contributed by atoms with Crippen molar-refractivity contribution in [2.24, 2.45) is 0 Å². The molecule has 1 unspecified atom stereocenters. The molecule has 0 bridgehead atoms. The van der Waals surface area contributed by atoms with Gasteiger partial charge < -0.3 is 14.8 Å². The highest BCUT2D eigenvalue weighted by Crippen LogP contribution is 2.38. The second-order valence-corrected chi connectivity index (χ2v) is 9.19. The van der Waals surface area contributed by atoms with Crippen LogP contribution in [-0.4, -0.2) is 6.61 Å². The minimum absolute atomic E-state index is 0. The van der Waals surface area contributed by atoms with E-state index in [-0.39, 0.29) is 12.4 Å². The molecule has 3 rings (SSSR count). The minimum atomic E-state index is 0. The summed E-state index contributed by atoms with van der Waals surface area (Å²) in [6.45, 7) is 5.76. The van der Waals surface area contributed by atoms with Gasteiger partial charge in [-0.25, -0.2) is 0 Å². The number of halogens is 4. The maximum atomic E-state index is 6.29. The Morgan fingerprint density at radius 3 is 2.39 bits per heavy atom. The number of ether oxygens (including phenoxy) is 2. The molecule has 1 atom stereocenters. The Hall–Kier alpha value is -1.43. The number of nitrogens with one attached hydrogen (secondary N) is 1. The highest BCUT2D eigenvalue weighted by atomic mass is 79.9. The van der Waals surface area contributed by atoms with Crippen LogP contribution < -0.4 is 14.8 Å². The molecule has 0 aliphatic heterocycles. The summed E-state index contributed by atoms with van der Waals surface area (Å²) in [5, 5.41) is 4.87. The van der Waals surface area contributed by atoms with Crippen molar-refractivity contribution in [3.8, 4) is 11.5 Å². The van der Waals surface area contributed by atoms with Gasteiger partial charge in [0.15, 0.2) is 11.5 Å². The van der Waals surface area contributed by atoms with Crippen LogP contribution in [0.15, 0.2) is 65.1 Å². The van der Waals surface area contributed by atoms with Crippen LogP contribution in [0.3, 0.4) is 0 Å². The summed E-state index contributed by atoms with van der Waals surface area (Å²) in [4.78, 5) is 0. The van der Waals surface area contributed by atoms with E-state index in [4.69, 9.17) is 32.7 Å². The first-order valence-electron chi connectivity index (χ1n) is 10.8. The lowest BCUT2D eigenvalue weighted by Gasteiger charge is -2.20. The SMILES string of the molecule is CCCC(NCc1cc(Br)c(OCc2ccc(Cl)cc2Cl)c(OCC)c1)c1ccccc1.Cl. The normalized spacial score (nSPS) is 11.5. The molecule has 0 saturated carbocycles. The molecule has 0 radical (unpaired) electrons. The molecule has 3 aromatic rings. The zero-order valence-electron chi connectivity index (χ0n) is 18.7. The summed E-state index contributed by atoms with van der Waals surface area (Å²) in [6, 6.07) is 20.4. The zero-order valence-corrected chi connectivity index (χ0v) is 22.7. The Morgan fingerprint density at radius 1 is 0.970 bits per heavy atom. The molecule has 0 amide bonds. The van der Waals surface area contributed by atoms with Crippen LogP contribution in [0.25, 0.3) is 0 Å². The second kappa shape index (κ2) is 14.1. The summed E-state index contributed by atoms with van der Waals surface area (Å²) in [6.07, 6.45) is 2.19. The van der Waals surface area contributed by atoms with Crippen molar-refractivity contribution in [3.05, 3.63) is 91.9 Å². The van der Waals surface area contributed by atoms with Crippen molar-refractivity contribution < 1.29 is 9.47 Å². The highest BCUT2D eigenvalue weighted by Gasteiger charge is 2.15. The highest BCUT2D eigenvalue weighted by molar-refractivity contribution is 9.10. The molecule has 7 heteroatoms. The molecule has 178 valence electrons. The van der Waals surface area contributed by atoms with E-state index in [0.717, 1.165) is 35.0 Å². The van der Waals surface area contributed by atoms with Gasteiger partial charge in [-0.2, -0.15) is 0 Å². The van der Waals surface area contributed by atoms with Crippen LogP contribution in [0.2, 0.25) is 10.0 Å². The molecule has 0 spiro atoms. The van der Waals surface area contributed by atoms with Crippen molar-refractivity contribution >= 4 is 51.5 Å². The van der Waals surface area contributed by atoms with E-state index in [9.17, 15) is 0 Å². The van der Waals surface area contributed by atoms with E-state index in [1.165, 1.54) is 5.56 Å². The average Bonchev–Trinajstić information content (AvgIpc) is 2.78. The molecule has 0 heterocycles. The van der Waals surface area contributed by atoms with E-state index in [1.807, 2.05) is 25.1 Å². The number of benzene rings is 3. The molecule has 0 aliphatic rings. The lowest BCUT2D eigenvalue weighted by Crippen LogP contribution is -2.21. The fourth-order valence-corrected chi connectivity index (χ4v) is 4.58. The van der Waals surface area contributed by atoms with Gasteiger partial charge in [-0.15, -0.1) is 12.4 Å². The monoisotopic (exact) mass is 571 g/mol. The van der Waals surface area contributed by atoms with Gasteiger partial charge in [0.05, 0.1) is 11.1 Å². The van der Waals surface area contributed by atoms with Gasteiger partial charge in [0.1, 0.15) is 6.61 Å². The van der Waals surface area contributed by atoms with E-state index in [0.29, 0.717) is 40.8 Å². The van der Waals surface area contributed by atoms with Gasteiger partial charge in [0.2, 0.25) is 0 Å². The third kappa shape index (κ3) is 8.08. The summed E-state index contributed by atoms with van der Waals surface area (Å²) in [5.74, 6) is 1.37. The predicted octanol–water partition coefficient (Wildman–Crippen LogP) is 8.79.